The van der Waals surface area contributed by atoms with Crippen molar-refractivity contribution >= 4 is 0 Å². The molecule has 0 heterocycles. The van der Waals surface area contributed by atoms with Crippen molar-refractivity contribution in [3.05, 3.63) is 0 Å². The minimum Gasteiger partial charge on any atom is -0.377 e. The van der Waals surface area contributed by atoms with Crippen LogP contribution in [-0.2, 0) is 4.74 Å². The van der Waals surface area contributed by atoms with Crippen LogP contribution in [0.2, 0.25) is 0 Å². The van der Waals surface area contributed by atoms with Crippen LogP contribution in [0.1, 0.15) is 19.3 Å². The highest BCUT2D eigenvalue weighted by atomic mass is 16.5. The summed E-state index contributed by atoms with van der Waals surface area (Å²) in [4.78, 5) is 0. The maximum absolute atomic E-state index is 9.60. The van der Waals surface area contributed by atoms with Gasteiger partial charge in [0.2, 0.25) is 0 Å². The highest BCUT2D eigenvalue weighted by Crippen LogP contribution is 2.31. The molecule has 0 saturated heterocycles. The van der Waals surface area contributed by atoms with E-state index >= 15 is 0 Å². The van der Waals surface area contributed by atoms with Crippen molar-refractivity contribution in [2.24, 2.45) is 0 Å². The van der Waals surface area contributed by atoms with Gasteiger partial charge in [-0.15, -0.1) is 6.42 Å². The maximum atomic E-state index is 9.60. The Hall–Kier alpha value is -0.520. The first-order chi connectivity index (χ1) is 4.73. The normalized spacial score (nSPS) is 39.5. The quantitative estimate of drug-likeness (QED) is 0.539. The first-order valence-corrected chi connectivity index (χ1v) is 3.46. The zero-order chi connectivity index (χ0) is 7.61. The molecule has 0 amide bonds. The molecular weight excluding hydrogens is 128 g/mol. The topological polar surface area (TPSA) is 29.5 Å². The Bertz CT molecular complexity index is 159. The highest BCUT2D eigenvalue weighted by Gasteiger charge is 2.39. The molecule has 0 aromatic rings. The minimum atomic E-state index is -0.991. The van der Waals surface area contributed by atoms with Gasteiger partial charge in [-0.25, -0.2) is 0 Å². The Morgan fingerprint density at radius 1 is 1.80 bits per heavy atom. The van der Waals surface area contributed by atoms with E-state index in [1.165, 1.54) is 0 Å². The van der Waals surface area contributed by atoms with Crippen molar-refractivity contribution in [3.63, 3.8) is 0 Å². The fourth-order valence-electron chi connectivity index (χ4n) is 1.43. The summed E-state index contributed by atoms with van der Waals surface area (Å²) in [6, 6.07) is 0. The SMILES string of the molecule is C#CC1(O)CCCC1OC. The third-order valence-corrected chi connectivity index (χ3v) is 2.09. The van der Waals surface area contributed by atoms with Crippen LogP contribution in [0.4, 0.5) is 0 Å². The summed E-state index contributed by atoms with van der Waals surface area (Å²) in [5.74, 6) is 2.37. The zero-order valence-corrected chi connectivity index (χ0v) is 6.13. The smallest absolute Gasteiger partial charge is 0.151 e. The average molecular weight is 140 g/mol. The van der Waals surface area contributed by atoms with Crippen LogP contribution in [0.25, 0.3) is 0 Å². The summed E-state index contributed by atoms with van der Waals surface area (Å²) < 4.78 is 5.03. The third kappa shape index (κ3) is 1.03. The second kappa shape index (κ2) is 2.61. The largest absolute Gasteiger partial charge is 0.377 e. The number of ether oxygens (including phenoxy) is 1. The van der Waals surface area contributed by atoms with Crippen molar-refractivity contribution < 1.29 is 9.84 Å². The van der Waals surface area contributed by atoms with Crippen LogP contribution >= 0.6 is 0 Å². The maximum Gasteiger partial charge on any atom is 0.151 e. The molecule has 2 unspecified atom stereocenters. The molecule has 2 atom stereocenters. The van der Waals surface area contributed by atoms with E-state index < -0.39 is 5.60 Å². The van der Waals surface area contributed by atoms with Gasteiger partial charge in [0.25, 0.3) is 0 Å². The molecule has 2 nitrogen and oxygen atoms in total. The number of rotatable bonds is 1. The first-order valence-electron chi connectivity index (χ1n) is 3.46. The Kier molecular flexibility index (Phi) is 1.98. The lowest BCUT2D eigenvalue weighted by Gasteiger charge is -2.22. The number of aliphatic hydroxyl groups is 1. The van der Waals surface area contributed by atoms with Crippen molar-refractivity contribution in [3.8, 4) is 12.3 Å². The second-order valence-electron chi connectivity index (χ2n) is 2.69. The predicted molar refractivity (Wildman–Crippen MR) is 38.4 cm³/mol. The van der Waals surface area contributed by atoms with Gasteiger partial charge in [0.15, 0.2) is 5.60 Å². The van der Waals surface area contributed by atoms with Crippen LogP contribution in [0, 0.1) is 12.3 Å². The predicted octanol–water partition coefficient (Wildman–Crippen LogP) is 0.550. The lowest BCUT2D eigenvalue weighted by Crippen LogP contribution is -2.36. The molecular formula is C8H12O2. The summed E-state index contributed by atoms with van der Waals surface area (Å²) >= 11 is 0. The van der Waals surface area contributed by atoms with E-state index in [0.29, 0.717) is 6.42 Å². The summed E-state index contributed by atoms with van der Waals surface area (Å²) in [6.45, 7) is 0. The molecule has 0 bridgehead atoms. The van der Waals surface area contributed by atoms with Gasteiger partial charge in [0, 0.05) is 7.11 Å². The molecule has 1 aliphatic rings. The zero-order valence-electron chi connectivity index (χ0n) is 6.13. The standard InChI is InChI=1S/C8H12O2/c1-3-8(9)6-4-5-7(8)10-2/h1,7,9H,4-6H2,2H3. The van der Waals surface area contributed by atoms with Crippen LogP contribution in [0.15, 0.2) is 0 Å². The lowest BCUT2D eigenvalue weighted by atomic mass is 10.0. The van der Waals surface area contributed by atoms with Gasteiger partial charge in [-0.05, 0) is 19.3 Å². The molecule has 56 valence electrons. The lowest BCUT2D eigenvalue weighted by molar-refractivity contribution is -0.0338. The molecule has 0 aliphatic heterocycles. The van der Waals surface area contributed by atoms with Gasteiger partial charge >= 0.3 is 0 Å². The Morgan fingerprint density at radius 3 is 2.90 bits per heavy atom. The summed E-state index contributed by atoms with van der Waals surface area (Å²) in [6.07, 6.45) is 7.50. The van der Waals surface area contributed by atoms with Crippen LogP contribution in [0.3, 0.4) is 0 Å². The van der Waals surface area contributed by atoms with Crippen molar-refractivity contribution in [2.75, 3.05) is 7.11 Å². The molecule has 1 N–H and O–H groups in total. The minimum absolute atomic E-state index is 0.155. The van der Waals surface area contributed by atoms with Crippen LogP contribution in [0.5, 0.6) is 0 Å². The van der Waals surface area contributed by atoms with Gasteiger partial charge in [-0.2, -0.15) is 0 Å². The summed E-state index contributed by atoms with van der Waals surface area (Å²) in [7, 11) is 1.58. The van der Waals surface area contributed by atoms with Gasteiger partial charge in [0.1, 0.15) is 0 Å². The molecule has 1 rings (SSSR count). The fraction of sp³-hybridized carbons (Fsp3) is 0.750. The average Bonchev–Trinajstić information content (AvgIpc) is 2.32. The van der Waals surface area contributed by atoms with Crippen molar-refractivity contribution in [1.82, 2.24) is 0 Å². The first kappa shape index (κ1) is 7.59. The van der Waals surface area contributed by atoms with E-state index in [4.69, 9.17) is 11.2 Å². The molecule has 0 radical (unpaired) electrons. The number of terminal acetylenes is 1. The van der Waals surface area contributed by atoms with Crippen LogP contribution in [-0.4, -0.2) is 23.9 Å². The molecule has 0 spiro atoms. The Balaban J connectivity index is 2.68. The van der Waals surface area contributed by atoms with Gasteiger partial charge in [-0.3, -0.25) is 0 Å². The van der Waals surface area contributed by atoms with Crippen molar-refractivity contribution in [2.45, 2.75) is 31.0 Å². The molecule has 2 heteroatoms. The summed E-state index contributed by atoms with van der Waals surface area (Å²) in [5.41, 5.74) is -0.991. The Labute approximate surface area is 61.2 Å². The number of hydrogen-bond donors (Lipinski definition) is 1. The van der Waals surface area contributed by atoms with Crippen LogP contribution < -0.4 is 0 Å². The van der Waals surface area contributed by atoms with Gasteiger partial charge < -0.3 is 9.84 Å². The van der Waals surface area contributed by atoms with E-state index in [-0.39, 0.29) is 6.10 Å². The third-order valence-electron chi connectivity index (χ3n) is 2.09. The number of methoxy groups -OCH3 is 1. The fourth-order valence-corrected chi connectivity index (χ4v) is 1.43. The monoisotopic (exact) mass is 140 g/mol. The van der Waals surface area contributed by atoms with E-state index in [2.05, 4.69) is 5.92 Å². The van der Waals surface area contributed by atoms with Gasteiger partial charge in [0.05, 0.1) is 6.10 Å². The molecule has 1 fully saturated rings. The van der Waals surface area contributed by atoms with Gasteiger partial charge in [-0.1, -0.05) is 5.92 Å². The van der Waals surface area contributed by atoms with E-state index in [9.17, 15) is 5.11 Å². The molecule has 10 heavy (non-hydrogen) atoms. The Morgan fingerprint density at radius 2 is 2.50 bits per heavy atom. The van der Waals surface area contributed by atoms with Crippen molar-refractivity contribution in [1.29, 1.82) is 0 Å². The molecule has 1 saturated carbocycles. The molecule has 0 aromatic carbocycles. The van der Waals surface area contributed by atoms with E-state index in [1.54, 1.807) is 7.11 Å². The molecule has 1 aliphatic carbocycles. The summed E-state index contributed by atoms with van der Waals surface area (Å²) in [5, 5.41) is 9.60. The van der Waals surface area contributed by atoms with E-state index in [0.717, 1.165) is 12.8 Å². The van der Waals surface area contributed by atoms with E-state index in [1.807, 2.05) is 0 Å². The number of hydrogen-bond acceptors (Lipinski definition) is 2. The second-order valence-corrected chi connectivity index (χ2v) is 2.69. The highest BCUT2D eigenvalue weighted by molar-refractivity contribution is 5.14. The molecule has 0 aromatic heterocycles.